The molecule has 0 spiro atoms. The van der Waals surface area contributed by atoms with Crippen LogP contribution in [0.3, 0.4) is 0 Å². The van der Waals surface area contributed by atoms with E-state index in [4.69, 9.17) is 4.74 Å². The molecular weight excluding hydrogens is 320 g/mol. The molecule has 1 aliphatic rings. The molecule has 1 saturated heterocycles. The smallest absolute Gasteiger partial charge is 0.259 e. The van der Waals surface area contributed by atoms with E-state index in [1.165, 1.54) is 0 Å². The molecule has 7 nitrogen and oxygen atoms in total. The van der Waals surface area contributed by atoms with Crippen molar-refractivity contribution in [3.63, 3.8) is 0 Å². The number of hydrogen-bond donors (Lipinski definition) is 1. The molecule has 132 valence electrons. The maximum atomic E-state index is 12.9. The maximum Gasteiger partial charge on any atom is 0.259 e. The second-order valence-corrected chi connectivity index (χ2v) is 6.09. The van der Waals surface area contributed by atoms with Crippen molar-refractivity contribution in [2.75, 3.05) is 32.7 Å². The zero-order valence-electron chi connectivity index (χ0n) is 14.2. The number of nitrogens with zero attached hydrogens (tertiary/aromatic N) is 4. The highest BCUT2D eigenvalue weighted by molar-refractivity contribution is 5.96. The Morgan fingerprint density at radius 3 is 2.68 bits per heavy atom. The van der Waals surface area contributed by atoms with Gasteiger partial charge in [0, 0.05) is 45.1 Å². The average Bonchev–Trinajstić information content (AvgIpc) is 2.63. The van der Waals surface area contributed by atoms with Gasteiger partial charge < -0.3 is 14.7 Å². The summed E-state index contributed by atoms with van der Waals surface area (Å²) in [6.07, 6.45) is 4.48. The number of aliphatic hydroxyl groups excluding tert-OH is 1. The van der Waals surface area contributed by atoms with Crippen LogP contribution >= 0.6 is 0 Å². The molecule has 7 heteroatoms. The monoisotopic (exact) mass is 342 g/mol. The van der Waals surface area contributed by atoms with Crippen molar-refractivity contribution in [3.8, 4) is 11.6 Å². The number of β-amino-alcohol motifs (C(OH)–C–C–N with tert-alkyl or cyclic N) is 1. The number of piperazine rings is 1. The van der Waals surface area contributed by atoms with Crippen LogP contribution in [0, 0.1) is 0 Å². The first-order valence-corrected chi connectivity index (χ1v) is 8.36. The van der Waals surface area contributed by atoms with E-state index in [1.54, 1.807) is 54.7 Å². The van der Waals surface area contributed by atoms with Gasteiger partial charge in [-0.1, -0.05) is 0 Å². The lowest BCUT2D eigenvalue weighted by molar-refractivity contribution is 0.0551. The number of aliphatic hydroxyl groups is 1. The van der Waals surface area contributed by atoms with E-state index in [2.05, 4.69) is 14.9 Å². The van der Waals surface area contributed by atoms with Gasteiger partial charge in [-0.3, -0.25) is 14.7 Å². The topological polar surface area (TPSA) is 78.8 Å². The quantitative estimate of drug-likeness (QED) is 0.885. The van der Waals surface area contributed by atoms with Gasteiger partial charge in [0.1, 0.15) is 11.3 Å². The van der Waals surface area contributed by atoms with E-state index in [9.17, 15) is 9.90 Å². The van der Waals surface area contributed by atoms with Crippen LogP contribution in [0.25, 0.3) is 0 Å². The van der Waals surface area contributed by atoms with Gasteiger partial charge in [0.05, 0.1) is 12.3 Å². The minimum absolute atomic E-state index is 0.0938. The summed E-state index contributed by atoms with van der Waals surface area (Å²) in [5, 5.41) is 9.48. The second kappa shape index (κ2) is 8.04. The Labute approximate surface area is 146 Å². The third kappa shape index (κ3) is 4.52. The molecule has 1 aliphatic heterocycles. The minimum Gasteiger partial charge on any atom is -0.437 e. The molecule has 3 heterocycles. The number of carbonyl (C=O) groups excluding carboxylic acids is 1. The molecule has 1 fully saturated rings. The standard InChI is InChI=1S/C18H22N4O3/c1-14(23)13-21-8-10-22(11-9-21)18(24)16-5-3-7-20-17(16)25-15-4-2-6-19-12-15/h2-7,12,14,23H,8-11,13H2,1H3/t14-/m1/s1. The highest BCUT2D eigenvalue weighted by Crippen LogP contribution is 2.23. The molecular formula is C18H22N4O3. The van der Waals surface area contributed by atoms with E-state index in [-0.39, 0.29) is 17.9 Å². The van der Waals surface area contributed by atoms with E-state index in [0.29, 0.717) is 30.9 Å². The van der Waals surface area contributed by atoms with Crippen molar-refractivity contribution in [1.82, 2.24) is 19.8 Å². The molecule has 2 aromatic rings. The van der Waals surface area contributed by atoms with Gasteiger partial charge >= 0.3 is 0 Å². The Morgan fingerprint density at radius 1 is 1.24 bits per heavy atom. The van der Waals surface area contributed by atoms with E-state index >= 15 is 0 Å². The summed E-state index contributed by atoms with van der Waals surface area (Å²) in [5.74, 6) is 0.729. The zero-order valence-corrected chi connectivity index (χ0v) is 14.2. The molecule has 25 heavy (non-hydrogen) atoms. The fraction of sp³-hybridized carbons (Fsp3) is 0.389. The summed E-state index contributed by atoms with van der Waals surface area (Å²) in [7, 11) is 0. The average molecular weight is 342 g/mol. The molecule has 0 aromatic carbocycles. The molecule has 0 radical (unpaired) electrons. The third-order valence-electron chi connectivity index (χ3n) is 4.03. The summed E-state index contributed by atoms with van der Waals surface area (Å²) in [4.78, 5) is 25.0. The fourth-order valence-corrected chi connectivity index (χ4v) is 2.83. The van der Waals surface area contributed by atoms with Gasteiger partial charge in [-0.05, 0) is 31.2 Å². The van der Waals surface area contributed by atoms with Crippen molar-refractivity contribution in [3.05, 3.63) is 48.4 Å². The largest absolute Gasteiger partial charge is 0.437 e. The molecule has 1 atom stereocenters. The van der Waals surface area contributed by atoms with Crippen LogP contribution in [0.5, 0.6) is 11.6 Å². The van der Waals surface area contributed by atoms with Gasteiger partial charge in [0.15, 0.2) is 0 Å². The van der Waals surface area contributed by atoms with Gasteiger partial charge in [-0.15, -0.1) is 0 Å². The molecule has 3 rings (SSSR count). The predicted molar refractivity (Wildman–Crippen MR) is 92.6 cm³/mol. The lowest BCUT2D eigenvalue weighted by atomic mass is 10.2. The van der Waals surface area contributed by atoms with Crippen LogP contribution in [0.4, 0.5) is 0 Å². The Balaban J connectivity index is 1.69. The maximum absolute atomic E-state index is 12.9. The van der Waals surface area contributed by atoms with E-state index in [1.807, 2.05) is 0 Å². The van der Waals surface area contributed by atoms with Crippen molar-refractivity contribution in [1.29, 1.82) is 0 Å². The van der Waals surface area contributed by atoms with Gasteiger partial charge in [-0.25, -0.2) is 4.98 Å². The minimum atomic E-state index is -0.361. The van der Waals surface area contributed by atoms with E-state index in [0.717, 1.165) is 13.1 Å². The Hall–Kier alpha value is -2.51. The first kappa shape index (κ1) is 17.3. The number of rotatable bonds is 5. The van der Waals surface area contributed by atoms with Crippen molar-refractivity contribution in [2.45, 2.75) is 13.0 Å². The second-order valence-electron chi connectivity index (χ2n) is 6.09. The Bertz CT molecular complexity index is 700. The van der Waals surface area contributed by atoms with Crippen LogP contribution < -0.4 is 4.74 Å². The normalized spacial score (nSPS) is 16.5. The zero-order chi connectivity index (χ0) is 17.6. The summed E-state index contributed by atoms with van der Waals surface area (Å²) in [6.45, 7) is 5.13. The number of ether oxygens (including phenoxy) is 1. The molecule has 0 bridgehead atoms. The number of hydrogen-bond acceptors (Lipinski definition) is 6. The lowest BCUT2D eigenvalue weighted by Gasteiger charge is -2.35. The number of pyridine rings is 2. The molecule has 1 N–H and O–H groups in total. The first-order chi connectivity index (χ1) is 12.1. The molecule has 1 amide bonds. The Morgan fingerprint density at radius 2 is 2.00 bits per heavy atom. The molecule has 0 aliphatic carbocycles. The summed E-state index contributed by atoms with van der Waals surface area (Å²) in [6, 6.07) is 6.99. The van der Waals surface area contributed by atoms with Gasteiger partial charge in [0.25, 0.3) is 5.91 Å². The highest BCUT2D eigenvalue weighted by Gasteiger charge is 2.25. The lowest BCUT2D eigenvalue weighted by Crippen LogP contribution is -2.50. The molecule has 0 saturated carbocycles. The SMILES string of the molecule is C[C@@H](O)CN1CCN(C(=O)c2cccnc2Oc2cccnc2)CC1. The first-order valence-electron chi connectivity index (χ1n) is 8.36. The third-order valence-corrected chi connectivity index (χ3v) is 4.03. The Kier molecular flexibility index (Phi) is 5.57. The molecule has 2 aromatic heterocycles. The van der Waals surface area contributed by atoms with Crippen LogP contribution in [0.1, 0.15) is 17.3 Å². The van der Waals surface area contributed by atoms with Crippen molar-refractivity contribution >= 4 is 5.91 Å². The van der Waals surface area contributed by atoms with E-state index < -0.39 is 0 Å². The van der Waals surface area contributed by atoms with Crippen LogP contribution in [0.2, 0.25) is 0 Å². The summed E-state index contributed by atoms with van der Waals surface area (Å²) in [5.41, 5.74) is 0.440. The van der Waals surface area contributed by atoms with Crippen LogP contribution in [0.15, 0.2) is 42.9 Å². The summed E-state index contributed by atoms with van der Waals surface area (Å²) >= 11 is 0. The van der Waals surface area contributed by atoms with Crippen molar-refractivity contribution in [2.24, 2.45) is 0 Å². The fourth-order valence-electron chi connectivity index (χ4n) is 2.83. The van der Waals surface area contributed by atoms with Gasteiger partial charge in [-0.2, -0.15) is 0 Å². The van der Waals surface area contributed by atoms with Gasteiger partial charge in [0.2, 0.25) is 5.88 Å². The number of amides is 1. The van der Waals surface area contributed by atoms with Crippen LogP contribution in [-0.4, -0.2) is 69.6 Å². The predicted octanol–water partition coefficient (Wildman–Crippen LogP) is 1.41. The highest BCUT2D eigenvalue weighted by atomic mass is 16.5. The van der Waals surface area contributed by atoms with Crippen LogP contribution in [-0.2, 0) is 0 Å². The number of aromatic nitrogens is 2. The van der Waals surface area contributed by atoms with Crippen molar-refractivity contribution < 1.29 is 14.6 Å². The number of carbonyl (C=O) groups is 1. The molecule has 0 unspecified atom stereocenters. The summed E-state index contributed by atoms with van der Waals surface area (Å²) < 4.78 is 5.73.